The van der Waals surface area contributed by atoms with Crippen LogP contribution in [0.25, 0.3) is 55.3 Å². The van der Waals surface area contributed by atoms with Gasteiger partial charge in [-0.15, -0.1) is 0 Å². The van der Waals surface area contributed by atoms with Gasteiger partial charge in [-0.3, -0.25) is 0 Å². The molecule has 2 heterocycles. The van der Waals surface area contributed by atoms with Crippen LogP contribution in [0.4, 0.5) is 0 Å². The Morgan fingerprint density at radius 1 is 0.353 bits per heavy atom. The van der Waals surface area contributed by atoms with Crippen molar-refractivity contribution in [2.45, 2.75) is 5.41 Å². The third kappa shape index (κ3) is 4.50. The van der Waals surface area contributed by atoms with Crippen LogP contribution in [-0.4, -0.2) is 0 Å². The average Bonchev–Trinajstić information content (AvgIpc) is 3.59. The Kier molecular flexibility index (Phi) is 6.75. The molecular weight excluding hydrogens is 621 g/mol. The number of rotatable bonds is 5. The maximum absolute atomic E-state index is 6.84. The van der Waals surface area contributed by atoms with Gasteiger partial charge in [0, 0.05) is 27.5 Å². The number of para-hydroxylation sites is 3. The fourth-order valence-corrected chi connectivity index (χ4v) is 8.26. The van der Waals surface area contributed by atoms with Crippen molar-refractivity contribution in [3.05, 3.63) is 216 Å². The summed E-state index contributed by atoms with van der Waals surface area (Å²) < 4.78 is 13.4. The fraction of sp³-hybridized carbons (Fsp3) is 0.0204. The molecule has 0 saturated heterocycles. The lowest BCUT2D eigenvalue weighted by molar-refractivity contribution is 0.435. The van der Waals surface area contributed by atoms with Crippen molar-refractivity contribution in [1.82, 2.24) is 0 Å². The van der Waals surface area contributed by atoms with Crippen molar-refractivity contribution in [3.63, 3.8) is 0 Å². The zero-order valence-electron chi connectivity index (χ0n) is 27.8. The first-order valence-electron chi connectivity index (χ1n) is 17.4. The molecule has 1 aliphatic rings. The minimum atomic E-state index is -0.553. The Bertz CT molecular complexity index is 2680. The van der Waals surface area contributed by atoms with E-state index in [9.17, 15) is 0 Å². The summed E-state index contributed by atoms with van der Waals surface area (Å²) in [5.41, 5.74) is 12.6. The molecule has 0 aliphatic carbocycles. The van der Waals surface area contributed by atoms with Crippen LogP contribution >= 0.6 is 0 Å². The van der Waals surface area contributed by atoms with E-state index in [0.29, 0.717) is 0 Å². The second-order valence-electron chi connectivity index (χ2n) is 13.2. The molecule has 9 aromatic rings. The fourth-order valence-electron chi connectivity index (χ4n) is 8.26. The minimum absolute atomic E-state index is 0.553. The Hall–Kier alpha value is -6.64. The molecule has 8 aromatic carbocycles. The van der Waals surface area contributed by atoms with Crippen LogP contribution in [0.15, 0.2) is 199 Å². The summed E-state index contributed by atoms with van der Waals surface area (Å²) >= 11 is 0. The minimum Gasteiger partial charge on any atom is -0.457 e. The first-order chi connectivity index (χ1) is 25.3. The van der Waals surface area contributed by atoms with E-state index in [2.05, 4.69) is 182 Å². The van der Waals surface area contributed by atoms with Gasteiger partial charge in [-0.05, 0) is 57.1 Å². The summed E-state index contributed by atoms with van der Waals surface area (Å²) in [6.45, 7) is 0. The van der Waals surface area contributed by atoms with Crippen molar-refractivity contribution in [1.29, 1.82) is 0 Å². The Balaban J connectivity index is 1.17. The first-order valence-corrected chi connectivity index (χ1v) is 17.4. The van der Waals surface area contributed by atoms with Crippen molar-refractivity contribution >= 4 is 21.9 Å². The molecule has 0 fully saturated rings. The summed E-state index contributed by atoms with van der Waals surface area (Å²) in [5, 5.41) is 2.25. The molecule has 0 spiro atoms. The van der Waals surface area contributed by atoms with Gasteiger partial charge in [-0.1, -0.05) is 176 Å². The monoisotopic (exact) mass is 652 g/mol. The van der Waals surface area contributed by atoms with Gasteiger partial charge >= 0.3 is 0 Å². The number of hydrogen-bond acceptors (Lipinski definition) is 2. The maximum atomic E-state index is 6.84. The van der Waals surface area contributed by atoms with E-state index < -0.39 is 5.41 Å². The van der Waals surface area contributed by atoms with Crippen LogP contribution in [0.1, 0.15) is 22.3 Å². The smallest absolute Gasteiger partial charge is 0.143 e. The molecule has 2 nitrogen and oxygen atoms in total. The molecule has 0 atom stereocenters. The second kappa shape index (κ2) is 11.8. The van der Waals surface area contributed by atoms with Crippen LogP contribution in [0.3, 0.4) is 0 Å². The molecular formula is C49H32O2. The Labute approximate surface area is 296 Å². The van der Waals surface area contributed by atoms with Crippen molar-refractivity contribution < 1.29 is 9.15 Å². The predicted octanol–water partition coefficient (Wildman–Crippen LogP) is 13.1. The van der Waals surface area contributed by atoms with E-state index in [4.69, 9.17) is 9.15 Å². The predicted molar refractivity (Wildman–Crippen MR) is 208 cm³/mol. The quantitative estimate of drug-likeness (QED) is 0.185. The Morgan fingerprint density at radius 3 is 1.63 bits per heavy atom. The molecule has 240 valence electrons. The topological polar surface area (TPSA) is 22.4 Å². The average molecular weight is 653 g/mol. The summed E-state index contributed by atoms with van der Waals surface area (Å²) in [4.78, 5) is 0. The van der Waals surface area contributed by atoms with Crippen molar-refractivity contribution in [2.75, 3.05) is 0 Å². The first kappa shape index (κ1) is 29.3. The van der Waals surface area contributed by atoms with Gasteiger partial charge in [-0.25, -0.2) is 0 Å². The highest BCUT2D eigenvalue weighted by molar-refractivity contribution is 6.11. The van der Waals surface area contributed by atoms with E-state index in [1.54, 1.807) is 0 Å². The normalized spacial score (nSPS) is 13.0. The van der Waals surface area contributed by atoms with Gasteiger partial charge in [0.05, 0.1) is 5.41 Å². The highest BCUT2D eigenvalue weighted by Crippen LogP contribution is 2.56. The molecule has 2 heteroatoms. The van der Waals surface area contributed by atoms with Crippen LogP contribution in [0, 0.1) is 0 Å². The van der Waals surface area contributed by atoms with E-state index in [1.807, 2.05) is 12.1 Å². The summed E-state index contributed by atoms with van der Waals surface area (Å²) in [6, 6.07) is 68.9. The number of ether oxygens (including phenoxy) is 1. The van der Waals surface area contributed by atoms with Crippen LogP contribution in [-0.2, 0) is 5.41 Å². The number of fused-ring (bicyclic) bond motifs is 5. The molecule has 1 aliphatic heterocycles. The standard InChI is InChI=1S/C49H32O2/c1-3-16-34(17-4-1)49(35-18-5-2-6-19-35)43-27-12-14-29-46(43)50-47-32-33(30-31-44(47)49)36-20-7-8-21-37(36)38-22-9-10-23-39(38)41-25-15-26-42-40-24-11-13-28-45(40)51-48(41)42/h1-32H. The van der Waals surface area contributed by atoms with Gasteiger partial charge < -0.3 is 9.15 Å². The maximum Gasteiger partial charge on any atom is 0.143 e. The van der Waals surface area contributed by atoms with Crippen molar-refractivity contribution in [2.24, 2.45) is 0 Å². The molecule has 0 amide bonds. The lowest BCUT2D eigenvalue weighted by Gasteiger charge is -2.41. The van der Waals surface area contributed by atoms with Gasteiger partial charge in [0.25, 0.3) is 0 Å². The number of hydrogen-bond donors (Lipinski definition) is 0. The summed E-state index contributed by atoms with van der Waals surface area (Å²) in [6.07, 6.45) is 0. The van der Waals surface area contributed by atoms with Crippen molar-refractivity contribution in [3.8, 4) is 44.9 Å². The number of benzene rings is 8. The van der Waals surface area contributed by atoms with Gasteiger partial charge in [0.15, 0.2) is 0 Å². The van der Waals surface area contributed by atoms with E-state index >= 15 is 0 Å². The molecule has 10 rings (SSSR count). The molecule has 1 aromatic heterocycles. The molecule has 0 N–H and O–H groups in total. The van der Waals surface area contributed by atoms with Gasteiger partial charge in [-0.2, -0.15) is 0 Å². The SMILES string of the molecule is c1ccc(C2(c3ccccc3)c3ccccc3Oc3cc(-c4ccccc4-c4ccccc4-c4cccc5c4oc4ccccc45)ccc32)cc1. The zero-order valence-corrected chi connectivity index (χ0v) is 27.8. The number of furan rings is 1. The second-order valence-corrected chi connectivity index (χ2v) is 13.2. The molecule has 51 heavy (non-hydrogen) atoms. The van der Waals surface area contributed by atoms with Crippen LogP contribution in [0.5, 0.6) is 11.5 Å². The van der Waals surface area contributed by atoms with E-state index in [1.165, 1.54) is 11.1 Å². The summed E-state index contributed by atoms with van der Waals surface area (Å²) in [5.74, 6) is 1.72. The third-order valence-electron chi connectivity index (χ3n) is 10.5. The summed E-state index contributed by atoms with van der Waals surface area (Å²) in [7, 11) is 0. The zero-order chi connectivity index (χ0) is 33.8. The Morgan fingerprint density at radius 2 is 0.882 bits per heavy atom. The van der Waals surface area contributed by atoms with Gasteiger partial charge in [0.2, 0.25) is 0 Å². The third-order valence-corrected chi connectivity index (χ3v) is 10.5. The molecule has 0 bridgehead atoms. The molecule has 0 saturated carbocycles. The molecule has 0 radical (unpaired) electrons. The lowest BCUT2D eigenvalue weighted by atomic mass is 9.63. The largest absolute Gasteiger partial charge is 0.457 e. The van der Waals surface area contributed by atoms with Crippen LogP contribution in [0.2, 0.25) is 0 Å². The molecule has 0 unspecified atom stereocenters. The van der Waals surface area contributed by atoms with Gasteiger partial charge in [0.1, 0.15) is 22.7 Å². The van der Waals surface area contributed by atoms with E-state index in [-0.39, 0.29) is 0 Å². The van der Waals surface area contributed by atoms with E-state index in [0.717, 1.165) is 77.9 Å². The highest BCUT2D eigenvalue weighted by Gasteiger charge is 2.45. The lowest BCUT2D eigenvalue weighted by Crippen LogP contribution is -2.34. The highest BCUT2D eigenvalue weighted by atomic mass is 16.5. The van der Waals surface area contributed by atoms with Crippen LogP contribution < -0.4 is 4.74 Å².